The number of benzene rings is 12. The lowest BCUT2D eigenvalue weighted by Crippen LogP contribution is -1.95. The van der Waals surface area contributed by atoms with E-state index in [1.807, 2.05) is 6.07 Å². The second-order valence-corrected chi connectivity index (χ2v) is 14.6. The Kier molecular flexibility index (Phi) is 5.75. The first-order valence-corrected chi connectivity index (χ1v) is 18.7. The Balaban J connectivity index is 1.28. The molecule has 0 bridgehead atoms. The van der Waals surface area contributed by atoms with Crippen LogP contribution in [0.5, 0.6) is 0 Å². The van der Waals surface area contributed by atoms with Crippen LogP contribution in [-0.4, -0.2) is 0 Å². The molecule has 0 spiro atoms. The zero-order chi connectivity index (χ0) is 37.1. The van der Waals surface area contributed by atoms with Crippen LogP contribution < -0.4 is 0 Å². The van der Waals surface area contributed by atoms with Crippen LogP contribution in [0.1, 0.15) is 2.74 Å². The number of fused-ring (bicyclic) bond motifs is 1. The summed E-state index contributed by atoms with van der Waals surface area (Å²) in [7, 11) is 0. The van der Waals surface area contributed by atoms with Gasteiger partial charge in [0.1, 0.15) is 0 Å². The molecule has 54 heavy (non-hydrogen) atoms. The molecule has 0 aliphatic heterocycles. The quantitative estimate of drug-likeness (QED) is 0.162. The van der Waals surface area contributed by atoms with Crippen molar-refractivity contribution in [3.8, 4) is 44.5 Å². The minimum atomic E-state index is 0.362. The Morgan fingerprint density at radius 2 is 0.722 bits per heavy atom. The lowest BCUT2D eigenvalue weighted by molar-refractivity contribution is 1.57. The number of rotatable bonds is 4. The molecule has 0 saturated carbocycles. The van der Waals surface area contributed by atoms with E-state index in [0.29, 0.717) is 17.6 Å². The lowest BCUT2D eigenvalue weighted by Gasteiger charge is -2.22. The van der Waals surface area contributed by atoms with Gasteiger partial charge < -0.3 is 0 Å². The van der Waals surface area contributed by atoms with E-state index in [0.717, 1.165) is 65.9 Å². The summed E-state index contributed by atoms with van der Waals surface area (Å²) in [6.07, 6.45) is 0. The van der Waals surface area contributed by atoms with Crippen molar-refractivity contribution in [1.29, 1.82) is 0 Å². The van der Waals surface area contributed by atoms with Gasteiger partial charge in [-0.2, -0.15) is 0 Å². The highest BCUT2D eigenvalue weighted by Crippen LogP contribution is 2.49. The predicted molar refractivity (Wildman–Crippen MR) is 233 cm³/mol. The first-order valence-electron chi connectivity index (χ1n) is 19.7. The summed E-state index contributed by atoms with van der Waals surface area (Å²) in [5.74, 6) is 0. The van der Waals surface area contributed by atoms with Gasteiger partial charge in [0.05, 0.1) is 2.74 Å². The number of hydrogen-bond acceptors (Lipinski definition) is 0. The molecule has 0 amide bonds. The zero-order valence-corrected chi connectivity index (χ0v) is 29.3. The summed E-state index contributed by atoms with van der Waals surface area (Å²) >= 11 is 0. The molecular weight excluding hydrogens is 649 g/mol. The third-order valence-corrected chi connectivity index (χ3v) is 11.7. The maximum atomic E-state index is 10.5. The van der Waals surface area contributed by atoms with E-state index in [2.05, 4.69) is 176 Å². The van der Waals surface area contributed by atoms with Gasteiger partial charge in [-0.1, -0.05) is 176 Å². The monoisotopic (exact) mass is 682 g/mol. The van der Waals surface area contributed by atoms with Gasteiger partial charge in [-0.25, -0.2) is 0 Å². The summed E-state index contributed by atoms with van der Waals surface area (Å²) < 4.78 is 20.9. The summed E-state index contributed by atoms with van der Waals surface area (Å²) in [5.41, 5.74) is 7.09. The van der Waals surface area contributed by atoms with Crippen LogP contribution in [0.25, 0.3) is 120 Å². The van der Waals surface area contributed by atoms with Gasteiger partial charge in [-0.3, -0.25) is 0 Å². The van der Waals surface area contributed by atoms with Crippen molar-refractivity contribution >= 4 is 75.4 Å². The van der Waals surface area contributed by atoms with Gasteiger partial charge in [-0.15, -0.1) is 0 Å². The van der Waals surface area contributed by atoms with Crippen molar-refractivity contribution in [2.24, 2.45) is 0 Å². The Bertz CT molecular complexity index is 3510. The smallest absolute Gasteiger partial charge is 0.0622 e. The van der Waals surface area contributed by atoms with Gasteiger partial charge in [0.2, 0.25) is 0 Å². The van der Waals surface area contributed by atoms with Crippen molar-refractivity contribution in [3.05, 3.63) is 194 Å². The van der Waals surface area contributed by atoms with Crippen LogP contribution in [0, 0.1) is 0 Å². The highest BCUT2D eigenvalue weighted by Gasteiger charge is 2.22. The van der Waals surface area contributed by atoms with Crippen LogP contribution in [-0.2, 0) is 0 Å². The van der Waals surface area contributed by atoms with Gasteiger partial charge in [0.15, 0.2) is 0 Å². The Morgan fingerprint density at radius 3 is 1.37 bits per heavy atom. The zero-order valence-electron chi connectivity index (χ0n) is 31.3. The molecule has 0 nitrogen and oxygen atoms in total. The molecule has 0 aromatic heterocycles. The summed E-state index contributed by atoms with van der Waals surface area (Å²) in [4.78, 5) is 0. The molecule has 0 saturated heterocycles. The van der Waals surface area contributed by atoms with Crippen LogP contribution in [0.2, 0.25) is 0 Å². The first kappa shape index (κ1) is 27.6. The minimum absolute atomic E-state index is 0.362. The summed E-state index contributed by atoms with van der Waals surface area (Å²) in [5, 5.41) is 16.5. The Labute approximate surface area is 315 Å². The van der Waals surface area contributed by atoms with E-state index in [-0.39, 0.29) is 0 Å². The van der Waals surface area contributed by atoms with Crippen molar-refractivity contribution in [1.82, 2.24) is 0 Å². The normalized spacial score (nSPS) is 12.6. The first-order chi connectivity index (χ1) is 27.6. The molecule has 0 unspecified atom stereocenters. The molecule has 12 aromatic rings. The van der Waals surface area contributed by atoms with Crippen molar-refractivity contribution < 1.29 is 2.74 Å². The molecule has 0 fully saturated rings. The molecule has 0 aliphatic rings. The van der Waals surface area contributed by atoms with Crippen LogP contribution in [0.3, 0.4) is 0 Å². The standard InChI is InChI=1S/C54H32/c1-2-9-34(10-3-1)52-48(42-21-16-33-8-4-5-11-41(33)30-42)31-43(44-26-22-39-19-17-35-12-6-14-37-24-28-46(44)53(39)50(35)37)32-49(52)45-27-23-40-20-18-36-13-7-15-38-25-29-47(45)54(40)51(36)38/h1-32H/i31D,32D. The topological polar surface area (TPSA) is 0 Å². The van der Waals surface area contributed by atoms with Crippen LogP contribution in [0.15, 0.2) is 194 Å². The molecule has 0 heterocycles. The third kappa shape index (κ3) is 4.26. The van der Waals surface area contributed by atoms with E-state index in [4.69, 9.17) is 0 Å². The fraction of sp³-hybridized carbons (Fsp3) is 0. The van der Waals surface area contributed by atoms with Crippen LogP contribution in [0.4, 0.5) is 0 Å². The molecule has 248 valence electrons. The number of hydrogen-bond donors (Lipinski definition) is 0. The molecule has 0 radical (unpaired) electrons. The van der Waals surface area contributed by atoms with E-state index >= 15 is 0 Å². The molecule has 12 aromatic carbocycles. The molecule has 0 atom stereocenters. The lowest BCUT2D eigenvalue weighted by atomic mass is 9.81. The maximum absolute atomic E-state index is 10.5. The van der Waals surface area contributed by atoms with Gasteiger partial charge in [0.25, 0.3) is 0 Å². The highest BCUT2D eigenvalue weighted by molar-refractivity contribution is 6.27. The van der Waals surface area contributed by atoms with Crippen molar-refractivity contribution in [2.75, 3.05) is 0 Å². The van der Waals surface area contributed by atoms with E-state index in [1.165, 1.54) is 48.5 Å². The van der Waals surface area contributed by atoms with E-state index < -0.39 is 0 Å². The average molecular weight is 683 g/mol. The maximum Gasteiger partial charge on any atom is 0.0636 e. The summed E-state index contributed by atoms with van der Waals surface area (Å²) in [6, 6.07) is 65.6. The molecule has 0 heteroatoms. The molecule has 0 N–H and O–H groups in total. The van der Waals surface area contributed by atoms with Gasteiger partial charge >= 0.3 is 0 Å². The second-order valence-electron chi connectivity index (χ2n) is 14.6. The minimum Gasteiger partial charge on any atom is -0.0622 e. The van der Waals surface area contributed by atoms with Crippen molar-refractivity contribution in [2.45, 2.75) is 0 Å². The van der Waals surface area contributed by atoms with E-state index in [1.54, 1.807) is 0 Å². The SMILES string of the molecule is [2H]c1c(-c2ccc3ccc4cccc5ccc2c3c45)c([2H])c(-c2ccc3ccc4cccc5ccc2c3c45)c(-c2ccccc2)c1-c1ccc2ccccc2c1. The van der Waals surface area contributed by atoms with E-state index in [9.17, 15) is 2.74 Å². The second kappa shape index (κ2) is 11.2. The largest absolute Gasteiger partial charge is 0.0636 e. The Morgan fingerprint density at radius 1 is 0.259 bits per heavy atom. The molecule has 12 rings (SSSR count). The average Bonchev–Trinajstić information content (AvgIpc) is 3.25. The fourth-order valence-electron chi connectivity index (χ4n) is 9.23. The Hall–Kier alpha value is -7.02. The molecule has 0 aliphatic carbocycles. The van der Waals surface area contributed by atoms with Gasteiger partial charge in [0, 0.05) is 0 Å². The van der Waals surface area contributed by atoms with Gasteiger partial charge in [-0.05, 0) is 138 Å². The fourth-order valence-corrected chi connectivity index (χ4v) is 9.23. The highest BCUT2D eigenvalue weighted by atomic mass is 14.2. The van der Waals surface area contributed by atoms with Crippen LogP contribution >= 0.6 is 0 Å². The summed E-state index contributed by atoms with van der Waals surface area (Å²) in [6.45, 7) is 0. The molecular formula is C54H32. The third-order valence-electron chi connectivity index (χ3n) is 11.7. The predicted octanol–water partition coefficient (Wildman–Crippen LogP) is 15.3. The van der Waals surface area contributed by atoms with Crippen molar-refractivity contribution in [3.63, 3.8) is 0 Å².